The third-order valence-electron chi connectivity index (χ3n) is 2.46. The van der Waals surface area contributed by atoms with Crippen LogP contribution in [0.3, 0.4) is 0 Å². The number of hydrogen-bond donors (Lipinski definition) is 3. The van der Waals surface area contributed by atoms with Crippen LogP contribution in [0.5, 0.6) is 0 Å². The van der Waals surface area contributed by atoms with Gasteiger partial charge >= 0.3 is 0 Å². The number of rotatable bonds is 3. The maximum absolute atomic E-state index is 11.4. The lowest BCUT2D eigenvalue weighted by Gasteiger charge is -2.10. The van der Waals surface area contributed by atoms with Crippen molar-refractivity contribution in [3.8, 4) is 11.4 Å². The lowest BCUT2D eigenvalue weighted by atomic mass is 10.2. The minimum Gasteiger partial charge on any atom is -0.398 e. The molecule has 2 rings (SSSR count). The summed E-state index contributed by atoms with van der Waals surface area (Å²) >= 11 is 11.2. The molecule has 0 amide bonds. The van der Waals surface area contributed by atoms with Crippen LogP contribution in [0.2, 0.25) is 10.6 Å². The lowest BCUT2D eigenvalue weighted by molar-refractivity contribution is 0.467. The molecule has 0 radical (unpaired) electrons. The summed E-state index contributed by atoms with van der Waals surface area (Å²) in [6.07, 6.45) is 0. The van der Waals surface area contributed by atoms with Gasteiger partial charge in [0.1, 0.15) is 9.79 Å². The van der Waals surface area contributed by atoms with Crippen LogP contribution in [0.1, 0.15) is 0 Å². The van der Waals surface area contributed by atoms with Crippen molar-refractivity contribution in [2.45, 2.75) is 9.79 Å². The van der Waals surface area contributed by atoms with Gasteiger partial charge in [-0.25, -0.2) is 0 Å². The van der Waals surface area contributed by atoms with Crippen molar-refractivity contribution in [1.29, 1.82) is 0 Å². The molecule has 4 N–H and O–H groups in total. The summed E-state index contributed by atoms with van der Waals surface area (Å²) < 4.78 is 63.6. The molecule has 0 aliphatic rings. The standard InChI is InChI=1S/C9H6Cl2N4O6S2/c10-8-13-7(14-9(11)15-8)3-1-4(12)6(23(19,20)21)5(2-3)22(16,17)18/h1-2H,12H2,(H,16,17,18)(H,19,20,21). The monoisotopic (exact) mass is 400 g/mol. The molecule has 0 aliphatic heterocycles. The number of aromatic nitrogens is 3. The number of nitrogens with two attached hydrogens (primary N) is 1. The van der Waals surface area contributed by atoms with Crippen LogP contribution in [0, 0.1) is 0 Å². The predicted octanol–water partition coefficient (Wildman–Crippen LogP) is 0.921. The Hall–Kier alpha value is -1.57. The molecule has 10 nitrogen and oxygen atoms in total. The van der Waals surface area contributed by atoms with Crippen LogP contribution < -0.4 is 5.73 Å². The second kappa shape index (κ2) is 5.81. The van der Waals surface area contributed by atoms with E-state index < -0.39 is 35.7 Å². The summed E-state index contributed by atoms with van der Waals surface area (Å²) in [6.45, 7) is 0. The maximum Gasteiger partial charge on any atom is 0.297 e. The summed E-state index contributed by atoms with van der Waals surface area (Å²) in [5.74, 6) is -0.228. The molecule has 23 heavy (non-hydrogen) atoms. The van der Waals surface area contributed by atoms with E-state index in [9.17, 15) is 21.4 Å². The van der Waals surface area contributed by atoms with E-state index in [-0.39, 0.29) is 22.0 Å². The molecular weight excluding hydrogens is 395 g/mol. The quantitative estimate of drug-likeness (QED) is 0.496. The number of benzene rings is 1. The first-order chi connectivity index (χ1) is 10.4. The van der Waals surface area contributed by atoms with Gasteiger partial charge in [0, 0.05) is 5.56 Å². The molecule has 0 atom stereocenters. The zero-order valence-corrected chi connectivity index (χ0v) is 13.8. The van der Waals surface area contributed by atoms with Crippen molar-refractivity contribution in [3.05, 3.63) is 22.7 Å². The van der Waals surface area contributed by atoms with Crippen LogP contribution >= 0.6 is 23.2 Å². The number of halogens is 2. The molecule has 0 saturated heterocycles. The van der Waals surface area contributed by atoms with E-state index in [0.29, 0.717) is 6.07 Å². The van der Waals surface area contributed by atoms with Crippen molar-refractivity contribution in [2.75, 3.05) is 5.73 Å². The van der Waals surface area contributed by atoms with E-state index in [1.54, 1.807) is 0 Å². The van der Waals surface area contributed by atoms with Crippen LogP contribution in [0.4, 0.5) is 5.69 Å². The number of hydrogen-bond acceptors (Lipinski definition) is 8. The topological polar surface area (TPSA) is 173 Å². The highest BCUT2D eigenvalue weighted by Crippen LogP contribution is 2.32. The van der Waals surface area contributed by atoms with E-state index in [4.69, 9.17) is 33.5 Å². The molecule has 0 spiro atoms. The predicted molar refractivity (Wildman–Crippen MR) is 79.3 cm³/mol. The van der Waals surface area contributed by atoms with E-state index >= 15 is 0 Å². The molecule has 1 aromatic heterocycles. The zero-order chi connectivity index (χ0) is 17.6. The van der Waals surface area contributed by atoms with Crippen LogP contribution in [-0.2, 0) is 20.2 Å². The third-order valence-corrected chi connectivity index (χ3v) is 4.78. The molecule has 0 bridgehead atoms. The van der Waals surface area contributed by atoms with Gasteiger partial charge in [-0.15, -0.1) is 0 Å². The third kappa shape index (κ3) is 3.85. The van der Waals surface area contributed by atoms with Gasteiger partial charge in [-0.2, -0.15) is 31.8 Å². The van der Waals surface area contributed by atoms with Crippen molar-refractivity contribution >= 4 is 49.1 Å². The molecule has 0 unspecified atom stereocenters. The van der Waals surface area contributed by atoms with Crippen LogP contribution in [0.25, 0.3) is 11.4 Å². The Morgan fingerprint density at radius 1 is 0.913 bits per heavy atom. The number of anilines is 1. The highest BCUT2D eigenvalue weighted by Gasteiger charge is 2.28. The van der Waals surface area contributed by atoms with Gasteiger partial charge < -0.3 is 5.73 Å². The summed E-state index contributed by atoms with van der Waals surface area (Å²) in [5.41, 5.74) is 4.67. The Bertz CT molecular complexity index is 989. The van der Waals surface area contributed by atoms with Crippen LogP contribution in [0.15, 0.2) is 21.9 Å². The molecule has 14 heteroatoms. The Morgan fingerprint density at radius 2 is 1.43 bits per heavy atom. The van der Waals surface area contributed by atoms with Gasteiger partial charge in [-0.3, -0.25) is 9.11 Å². The van der Waals surface area contributed by atoms with Crippen molar-refractivity contribution < 1.29 is 25.9 Å². The van der Waals surface area contributed by atoms with Gasteiger partial charge in [-0.1, -0.05) is 0 Å². The molecule has 1 heterocycles. The average Bonchev–Trinajstić information content (AvgIpc) is 2.33. The van der Waals surface area contributed by atoms with Gasteiger partial charge in [0.05, 0.1) is 5.69 Å². The van der Waals surface area contributed by atoms with E-state index in [2.05, 4.69) is 15.0 Å². The van der Waals surface area contributed by atoms with Crippen LogP contribution in [-0.4, -0.2) is 40.9 Å². The summed E-state index contributed by atoms with van der Waals surface area (Å²) in [6, 6.07) is 1.65. The fraction of sp³-hybridized carbons (Fsp3) is 0. The molecule has 0 aliphatic carbocycles. The summed E-state index contributed by atoms with van der Waals surface area (Å²) in [5, 5.41) is -0.628. The molecule has 1 aromatic carbocycles. The van der Waals surface area contributed by atoms with E-state index in [1.165, 1.54) is 0 Å². The Labute approximate surface area is 139 Å². The fourth-order valence-electron chi connectivity index (χ4n) is 1.68. The fourth-order valence-corrected chi connectivity index (χ4v) is 3.97. The van der Waals surface area contributed by atoms with E-state index in [0.717, 1.165) is 6.07 Å². The second-order valence-corrected chi connectivity index (χ2v) is 7.46. The maximum atomic E-state index is 11.4. The first-order valence-corrected chi connectivity index (χ1v) is 8.99. The highest BCUT2D eigenvalue weighted by atomic mass is 35.5. The second-order valence-electron chi connectivity index (χ2n) is 4.04. The SMILES string of the molecule is Nc1cc(-c2nc(Cl)nc(Cl)n2)cc(S(=O)(=O)O)c1S(=O)(=O)O. The van der Waals surface area contributed by atoms with E-state index in [1.807, 2.05) is 0 Å². The first-order valence-electron chi connectivity index (χ1n) is 5.35. The van der Waals surface area contributed by atoms with Crippen molar-refractivity contribution in [2.24, 2.45) is 0 Å². The molecule has 124 valence electrons. The molecule has 2 aromatic rings. The van der Waals surface area contributed by atoms with Gasteiger partial charge in [0.25, 0.3) is 20.2 Å². The minimum atomic E-state index is -5.05. The smallest absolute Gasteiger partial charge is 0.297 e. The zero-order valence-electron chi connectivity index (χ0n) is 10.7. The normalized spacial score (nSPS) is 12.3. The highest BCUT2D eigenvalue weighted by molar-refractivity contribution is 7.89. The molecule has 0 fully saturated rings. The van der Waals surface area contributed by atoms with Gasteiger partial charge in [0.15, 0.2) is 5.82 Å². The lowest BCUT2D eigenvalue weighted by Crippen LogP contribution is -2.12. The Morgan fingerprint density at radius 3 is 1.87 bits per heavy atom. The minimum absolute atomic E-state index is 0.131. The average molecular weight is 401 g/mol. The molecule has 0 saturated carbocycles. The largest absolute Gasteiger partial charge is 0.398 e. The van der Waals surface area contributed by atoms with Crippen molar-refractivity contribution in [1.82, 2.24) is 15.0 Å². The Balaban J connectivity index is 2.88. The van der Waals surface area contributed by atoms with Crippen molar-refractivity contribution in [3.63, 3.8) is 0 Å². The number of nitrogens with zero attached hydrogens (tertiary/aromatic N) is 3. The Kier molecular flexibility index (Phi) is 4.49. The van der Waals surface area contributed by atoms with Gasteiger partial charge in [-0.05, 0) is 35.3 Å². The first kappa shape index (κ1) is 17.8. The molecular formula is C9H6Cl2N4O6S2. The summed E-state index contributed by atoms with van der Waals surface area (Å²) in [4.78, 5) is 8.51. The summed E-state index contributed by atoms with van der Waals surface area (Å²) in [7, 11) is -10.1. The van der Waals surface area contributed by atoms with Gasteiger partial charge in [0.2, 0.25) is 10.6 Å². The number of nitrogen functional groups attached to an aromatic ring is 1.